The summed E-state index contributed by atoms with van der Waals surface area (Å²) in [5, 5.41) is 8.77. The van der Waals surface area contributed by atoms with E-state index in [1.165, 1.54) is 9.75 Å². The number of aryl methyl sites for hydroxylation is 1. The molecule has 1 saturated carbocycles. The lowest BCUT2D eigenvalue weighted by Crippen LogP contribution is -1.98. The van der Waals surface area contributed by atoms with E-state index in [0.29, 0.717) is 0 Å². The average molecular weight is 261 g/mol. The van der Waals surface area contributed by atoms with Crippen molar-refractivity contribution in [2.45, 2.75) is 19.3 Å². The number of halogens is 1. The van der Waals surface area contributed by atoms with Crippen molar-refractivity contribution >= 4 is 33.2 Å². The van der Waals surface area contributed by atoms with Crippen LogP contribution in [0.5, 0.6) is 0 Å². The third-order valence-electron chi connectivity index (χ3n) is 2.28. The topological polar surface area (TPSA) is 37.3 Å². The van der Waals surface area contributed by atoms with Crippen LogP contribution in [0.15, 0.2) is 10.5 Å². The van der Waals surface area contributed by atoms with Gasteiger partial charge in [-0.25, -0.2) is 0 Å². The number of carbonyl (C=O) groups is 1. The van der Waals surface area contributed by atoms with Crippen molar-refractivity contribution in [3.8, 4) is 0 Å². The van der Waals surface area contributed by atoms with Crippen molar-refractivity contribution in [1.29, 1.82) is 0 Å². The van der Waals surface area contributed by atoms with Gasteiger partial charge in [-0.05, 0) is 35.3 Å². The Morgan fingerprint density at radius 3 is 2.85 bits per heavy atom. The van der Waals surface area contributed by atoms with Gasteiger partial charge in [0, 0.05) is 20.1 Å². The van der Waals surface area contributed by atoms with Crippen LogP contribution in [0.4, 0.5) is 0 Å². The molecule has 1 N–H and O–H groups in total. The van der Waals surface area contributed by atoms with Crippen LogP contribution in [0.2, 0.25) is 0 Å². The highest BCUT2D eigenvalue weighted by molar-refractivity contribution is 9.10. The summed E-state index contributed by atoms with van der Waals surface area (Å²) in [5.74, 6) is -0.553. The largest absolute Gasteiger partial charge is 0.481 e. The van der Waals surface area contributed by atoms with E-state index in [4.69, 9.17) is 5.11 Å². The molecule has 0 saturated heterocycles. The van der Waals surface area contributed by atoms with Gasteiger partial charge in [-0.15, -0.1) is 11.3 Å². The Morgan fingerprint density at radius 2 is 2.46 bits per heavy atom. The van der Waals surface area contributed by atoms with E-state index in [1.807, 2.05) is 6.92 Å². The molecule has 0 radical (unpaired) electrons. The maximum absolute atomic E-state index is 10.7. The number of rotatable bonds is 2. The second-order valence-electron chi connectivity index (χ2n) is 3.36. The summed E-state index contributed by atoms with van der Waals surface area (Å²) < 4.78 is 1.07. The number of hydrogen-bond donors (Lipinski definition) is 1. The van der Waals surface area contributed by atoms with Gasteiger partial charge in [0.1, 0.15) is 0 Å². The molecule has 0 amide bonds. The van der Waals surface area contributed by atoms with Gasteiger partial charge in [0.05, 0.1) is 5.92 Å². The van der Waals surface area contributed by atoms with E-state index >= 15 is 0 Å². The molecule has 1 aliphatic rings. The molecule has 0 bridgehead atoms. The van der Waals surface area contributed by atoms with Gasteiger partial charge in [-0.2, -0.15) is 0 Å². The quantitative estimate of drug-likeness (QED) is 0.888. The normalized spacial score (nSPS) is 26.0. The van der Waals surface area contributed by atoms with Crippen molar-refractivity contribution in [3.05, 3.63) is 20.3 Å². The molecule has 2 rings (SSSR count). The Hall–Kier alpha value is -0.350. The van der Waals surface area contributed by atoms with Crippen LogP contribution in [0.25, 0.3) is 0 Å². The smallest absolute Gasteiger partial charge is 0.307 e. The van der Waals surface area contributed by atoms with E-state index in [2.05, 4.69) is 22.0 Å². The molecule has 0 unspecified atom stereocenters. The first-order valence-electron chi connectivity index (χ1n) is 4.08. The number of aliphatic carboxylic acids is 1. The minimum Gasteiger partial charge on any atom is -0.481 e. The predicted molar refractivity (Wildman–Crippen MR) is 55.2 cm³/mol. The first kappa shape index (κ1) is 9.21. The fourth-order valence-corrected chi connectivity index (χ4v) is 3.64. The zero-order chi connectivity index (χ0) is 9.59. The number of carboxylic acid groups (broad SMARTS) is 1. The van der Waals surface area contributed by atoms with Crippen LogP contribution in [0, 0.1) is 12.8 Å². The molecule has 1 aliphatic carbocycles. The monoisotopic (exact) mass is 260 g/mol. The second kappa shape index (κ2) is 3.10. The molecule has 1 aromatic rings. The molecule has 13 heavy (non-hydrogen) atoms. The van der Waals surface area contributed by atoms with Gasteiger partial charge < -0.3 is 5.11 Å². The van der Waals surface area contributed by atoms with E-state index < -0.39 is 5.97 Å². The molecule has 2 atom stereocenters. The summed E-state index contributed by atoms with van der Waals surface area (Å²) >= 11 is 5.15. The van der Waals surface area contributed by atoms with E-state index in [-0.39, 0.29) is 11.8 Å². The fraction of sp³-hybridized carbons (Fsp3) is 0.444. The summed E-state index contributed by atoms with van der Waals surface area (Å²) in [7, 11) is 0. The summed E-state index contributed by atoms with van der Waals surface area (Å²) in [6.45, 7) is 2.04. The number of hydrogen-bond acceptors (Lipinski definition) is 2. The van der Waals surface area contributed by atoms with Gasteiger partial charge in [-0.1, -0.05) is 0 Å². The first-order chi connectivity index (χ1) is 6.09. The molecular weight excluding hydrogens is 252 g/mol. The molecule has 0 spiro atoms. The molecule has 2 nitrogen and oxygen atoms in total. The van der Waals surface area contributed by atoms with E-state index in [9.17, 15) is 4.79 Å². The van der Waals surface area contributed by atoms with Crippen LogP contribution in [0.1, 0.15) is 22.1 Å². The van der Waals surface area contributed by atoms with Crippen molar-refractivity contribution in [2.75, 3.05) is 0 Å². The molecule has 70 valence electrons. The minimum atomic E-state index is -0.664. The van der Waals surface area contributed by atoms with Crippen molar-refractivity contribution in [2.24, 2.45) is 5.92 Å². The van der Waals surface area contributed by atoms with Crippen molar-refractivity contribution in [3.63, 3.8) is 0 Å². The van der Waals surface area contributed by atoms with Crippen LogP contribution >= 0.6 is 27.3 Å². The van der Waals surface area contributed by atoms with Gasteiger partial charge in [0.15, 0.2) is 0 Å². The maximum Gasteiger partial charge on any atom is 0.307 e. The summed E-state index contributed by atoms with van der Waals surface area (Å²) in [4.78, 5) is 13.1. The maximum atomic E-state index is 10.7. The number of thiophene rings is 1. The number of carboxylic acids is 1. The molecule has 1 heterocycles. The van der Waals surface area contributed by atoms with Crippen LogP contribution < -0.4 is 0 Å². The van der Waals surface area contributed by atoms with Crippen LogP contribution in [-0.2, 0) is 4.79 Å². The lowest BCUT2D eigenvalue weighted by molar-refractivity contribution is -0.138. The lowest BCUT2D eigenvalue weighted by atomic mass is 10.2. The first-order valence-corrected chi connectivity index (χ1v) is 5.69. The second-order valence-corrected chi connectivity index (χ2v) is 5.50. The highest BCUT2D eigenvalue weighted by atomic mass is 79.9. The van der Waals surface area contributed by atoms with Gasteiger partial charge in [0.25, 0.3) is 0 Å². The predicted octanol–water partition coefficient (Wildman–Crippen LogP) is 3.01. The summed E-state index contributed by atoms with van der Waals surface area (Å²) in [6.07, 6.45) is 0.799. The molecular formula is C9H9BrO2S. The average Bonchev–Trinajstić information content (AvgIpc) is 2.73. The molecule has 1 aromatic heterocycles. The SMILES string of the molecule is Cc1cc(Br)c([C@@H]2C[C@H]2C(=O)O)s1. The van der Waals surface area contributed by atoms with E-state index in [1.54, 1.807) is 11.3 Å². The van der Waals surface area contributed by atoms with Gasteiger partial charge >= 0.3 is 5.97 Å². The van der Waals surface area contributed by atoms with Gasteiger partial charge in [0.2, 0.25) is 0 Å². The van der Waals surface area contributed by atoms with Crippen molar-refractivity contribution < 1.29 is 9.90 Å². The third-order valence-corrected chi connectivity index (χ3v) is 4.38. The van der Waals surface area contributed by atoms with Gasteiger partial charge in [-0.3, -0.25) is 4.79 Å². The summed E-state index contributed by atoms with van der Waals surface area (Å²) in [6, 6.07) is 2.05. The molecule has 0 aliphatic heterocycles. The Bertz CT molecular complexity index is 358. The van der Waals surface area contributed by atoms with Crippen molar-refractivity contribution in [1.82, 2.24) is 0 Å². The molecule has 1 fully saturated rings. The Labute approximate surface area is 88.7 Å². The lowest BCUT2D eigenvalue weighted by Gasteiger charge is -1.93. The Balaban J connectivity index is 2.20. The highest BCUT2D eigenvalue weighted by Gasteiger charge is 2.45. The highest BCUT2D eigenvalue weighted by Crippen LogP contribution is 2.52. The summed E-state index contributed by atoms with van der Waals surface area (Å²) in [5.41, 5.74) is 0. The minimum absolute atomic E-state index is 0.144. The zero-order valence-electron chi connectivity index (χ0n) is 7.08. The zero-order valence-corrected chi connectivity index (χ0v) is 9.48. The Kier molecular flexibility index (Phi) is 2.20. The molecule has 0 aromatic carbocycles. The van der Waals surface area contributed by atoms with Crippen LogP contribution in [0.3, 0.4) is 0 Å². The Morgan fingerprint density at radius 1 is 1.77 bits per heavy atom. The van der Waals surface area contributed by atoms with E-state index in [0.717, 1.165) is 10.9 Å². The standard InChI is InChI=1S/C9H9BrO2S/c1-4-2-7(10)8(13-4)5-3-6(5)9(11)12/h2,5-6H,3H2,1H3,(H,11,12)/t5-,6-/m1/s1. The molecule has 4 heteroatoms. The third kappa shape index (κ3) is 1.65. The van der Waals surface area contributed by atoms with Crippen LogP contribution in [-0.4, -0.2) is 11.1 Å². The fourth-order valence-electron chi connectivity index (χ4n) is 1.51.